The lowest BCUT2D eigenvalue weighted by Gasteiger charge is -2.17. The van der Waals surface area contributed by atoms with Crippen molar-refractivity contribution in [3.8, 4) is 11.1 Å². The summed E-state index contributed by atoms with van der Waals surface area (Å²) in [5.74, 6) is 0.522. The lowest BCUT2D eigenvalue weighted by atomic mass is 10.1. The van der Waals surface area contributed by atoms with Crippen LogP contribution in [0.3, 0.4) is 0 Å². The van der Waals surface area contributed by atoms with Crippen LogP contribution in [0, 0.1) is 0 Å². The van der Waals surface area contributed by atoms with Gasteiger partial charge in [0.25, 0.3) is 5.52 Å². The van der Waals surface area contributed by atoms with E-state index in [1.54, 1.807) is 4.57 Å². The molecule has 3 aromatic rings. The van der Waals surface area contributed by atoms with Crippen molar-refractivity contribution in [3.05, 3.63) is 72.0 Å². The molecule has 1 aliphatic heterocycles. The minimum Gasteiger partial charge on any atom is -0.748 e. The van der Waals surface area contributed by atoms with Gasteiger partial charge in [-0.15, -0.1) is 0 Å². The molecule has 0 amide bonds. The summed E-state index contributed by atoms with van der Waals surface area (Å²) in [7, 11) is -4.44. The molecule has 4 rings (SSSR count). The van der Waals surface area contributed by atoms with Crippen LogP contribution in [0.4, 0.5) is 0 Å². The van der Waals surface area contributed by atoms with Gasteiger partial charge >= 0.3 is 17.3 Å². The highest BCUT2D eigenvalue weighted by molar-refractivity contribution is 7.85. The van der Waals surface area contributed by atoms with Gasteiger partial charge < -0.3 is 18.6 Å². The zero-order valence-electron chi connectivity index (χ0n) is 20.9. The van der Waals surface area contributed by atoms with E-state index in [1.165, 1.54) is 0 Å². The lowest BCUT2D eigenvalue weighted by molar-refractivity contribution is -0.673. The Balaban J connectivity index is 1.67. The van der Waals surface area contributed by atoms with Gasteiger partial charge in [0, 0.05) is 18.7 Å². The van der Waals surface area contributed by atoms with Gasteiger partial charge in [-0.05, 0) is 35.6 Å². The summed E-state index contributed by atoms with van der Waals surface area (Å²) in [6.45, 7) is 3.87. The Morgan fingerprint density at radius 2 is 2.03 bits per heavy atom. The number of aryl methyl sites for hydroxylation is 1. The Morgan fingerprint density at radius 3 is 2.74 bits per heavy atom. The molecule has 1 unspecified atom stereocenters. The largest absolute Gasteiger partial charge is 0.748 e. The van der Waals surface area contributed by atoms with Crippen molar-refractivity contribution in [2.24, 2.45) is 0 Å². The van der Waals surface area contributed by atoms with Crippen molar-refractivity contribution in [2.45, 2.75) is 26.3 Å². The Bertz CT molecular complexity index is 1450. The van der Waals surface area contributed by atoms with E-state index < -0.39 is 27.2 Å². The van der Waals surface area contributed by atoms with Crippen molar-refractivity contribution in [3.63, 3.8) is 0 Å². The first-order valence-electron chi connectivity index (χ1n) is 12.2. The fourth-order valence-corrected chi connectivity index (χ4v) is 4.88. The molecule has 1 fully saturated rings. The van der Waals surface area contributed by atoms with Gasteiger partial charge in [-0.2, -0.15) is 8.78 Å². The first-order valence-corrected chi connectivity index (χ1v) is 14.8. The minimum absolute atomic E-state index is 0.0503. The van der Waals surface area contributed by atoms with Crippen LogP contribution in [-0.4, -0.2) is 58.7 Å². The highest BCUT2D eigenvalue weighted by Gasteiger charge is 2.24. The number of oxazole rings is 1. The Hall–Kier alpha value is -3.03. The van der Waals surface area contributed by atoms with Gasteiger partial charge in [-0.3, -0.25) is 8.74 Å². The molecular weight excluding hydrogens is 532 g/mol. The van der Waals surface area contributed by atoms with Gasteiger partial charge in [-0.25, -0.2) is 8.42 Å². The normalized spacial score (nSPS) is 16.3. The summed E-state index contributed by atoms with van der Waals surface area (Å²) < 4.78 is 72.1. The number of nitrogens with zero attached hydrogens (tertiary/aromatic N) is 2. The molecule has 1 aromatic heterocycles. The van der Waals surface area contributed by atoms with E-state index >= 15 is 0 Å². The summed E-state index contributed by atoms with van der Waals surface area (Å²) in [4.78, 5) is 2.02. The molecule has 10 nitrogen and oxygen atoms in total. The summed E-state index contributed by atoms with van der Waals surface area (Å²) in [6.07, 6.45) is 4.91. The van der Waals surface area contributed by atoms with Gasteiger partial charge in [0.1, 0.15) is 16.7 Å². The molecule has 204 valence electrons. The SMILES string of the molecule is CCC(=Cc1oc2ccc(-c3ccccc3)cc2[n+]1CCS(=O)(=O)[O-])C=C1OCCN1CCCOS(=O)O. The van der Waals surface area contributed by atoms with E-state index in [1.807, 2.05) is 72.5 Å². The second-order valence-corrected chi connectivity index (χ2v) is 10.9. The maximum atomic E-state index is 11.5. The third-order valence-corrected chi connectivity index (χ3v) is 7.16. The fraction of sp³-hybridized carbons (Fsp3) is 0.346. The van der Waals surface area contributed by atoms with Crippen LogP contribution in [0.25, 0.3) is 28.3 Å². The van der Waals surface area contributed by atoms with Crippen molar-refractivity contribution in [1.29, 1.82) is 0 Å². The third-order valence-electron chi connectivity index (χ3n) is 6.11. The van der Waals surface area contributed by atoms with Crippen molar-refractivity contribution < 1.29 is 39.6 Å². The monoisotopic (exact) mass is 562 g/mol. The van der Waals surface area contributed by atoms with Crippen LogP contribution in [0.5, 0.6) is 0 Å². The van der Waals surface area contributed by atoms with Gasteiger partial charge in [-0.1, -0.05) is 43.3 Å². The number of hydrogen-bond acceptors (Lipinski definition) is 8. The Kier molecular flexibility index (Phi) is 9.34. The average Bonchev–Trinajstić information content (AvgIpc) is 3.47. The zero-order valence-corrected chi connectivity index (χ0v) is 22.6. The van der Waals surface area contributed by atoms with Crippen LogP contribution in [0.1, 0.15) is 25.7 Å². The van der Waals surface area contributed by atoms with Crippen molar-refractivity contribution in [2.75, 3.05) is 32.1 Å². The maximum absolute atomic E-state index is 11.5. The van der Waals surface area contributed by atoms with E-state index in [4.69, 9.17) is 17.9 Å². The highest BCUT2D eigenvalue weighted by atomic mass is 32.2. The van der Waals surface area contributed by atoms with E-state index in [-0.39, 0.29) is 13.2 Å². The van der Waals surface area contributed by atoms with E-state index in [2.05, 4.69) is 0 Å². The topological polar surface area (TPSA) is 133 Å². The molecule has 12 heteroatoms. The first-order chi connectivity index (χ1) is 18.2. The van der Waals surface area contributed by atoms with Crippen LogP contribution >= 0.6 is 0 Å². The second-order valence-electron chi connectivity index (χ2n) is 8.69. The number of ether oxygens (including phenoxy) is 1. The summed E-state index contributed by atoms with van der Waals surface area (Å²) in [6, 6.07) is 15.5. The predicted octanol–water partition coefficient (Wildman–Crippen LogP) is 3.44. The Labute approximate surface area is 224 Å². The number of benzene rings is 2. The number of fused-ring (bicyclic) bond motifs is 1. The first kappa shape index (κ1) is 28.0. The van der Waals surface area contributed by atoms with Crippen LogP contribution in [0.15, 0.2) is 70.5 Å². The molecule has 0 bridgehead atoms. The molecule has 2 aromatic carbocycles. The summed E-state index contributed by atoms with van der Waals surface area (Å²) in [5, 5.41) is 0. The number of hydrogen-bond donors (Lipinski definition) is 1. The Morgan fingerprint density at radius 1 is 1.24 bits per heavy atom. The molecule has 38 heavy (non-hydrogen) atoms. The van der Waals surface area contributed by atoms with E-state index in [9.17, 15) is 17.2 Å². The van der Waals surface area contributed by atoms with Gasteiger partial charge in [0.05, 0.1) is 25.0 Å². The minimum atomic E-state index is -4.44. The fourth-order valence-electron chi connectivity index (χ4n) is 4.22. The number of rotatable bonds is 12. The molecule has 1 atom stereocenters. The molecule has 1 saturated heterocycles. The molecule has 0 saturated carbocycles. The van der Waals surface area contributed by atoms with Crippen molar-refractivity contribution >= 4 is 38.7 Å². The van der Waals surface area contributed by atoms with Crippen LogP contribution < -0.4 is 4.57 Å². The van der Waals surface area contributed by atoms with E-state index in [0.717, 1.165) is 16.7 Å². The molecule has 0 aliphatic carbocycles. The second kappa shape index (κ2) is 12.7. The standard InChI is InChI=1S/C26H30N2O8S2/c1-2-20(17-25-27(12-15-34-25)11-6-14-35-37(29)30)18-26-28(13-16-38(31,32)33)23-19-22(9-10-24(23)36-26)21-7-4-3-5-8-21/h3-5,7-10,17-19H,2,6,11-16H2,1H3,(H-,29,30,31,32,33). The van der Waals surface area contributed by atoms with Gasteiger partial charge in [0.2, 0.25) is 5.58 Å². The van der Waals surface area contributed by atoms with Crippen molar-refractivity contribution in [1.82, 2.24) is 4.90 Å². The zero-order chi connectivity index (χ0) is 27.1. The molecule has 2 heterocycles. The smallest absolute Gasteiger partial charge is 0.374 e. The molecule has 1 N–H and O–H groups in total. The summed E-state index contributed by atoms with van der Waals surface area (Å²) in [5.41, 5.74) is 4.08. The number of aromatic nitrogens is 1. The molecule has 0 radical (unpaired) electrons. The summed E-state index contributed by atoms with van der Waals surface area (Å²) >= 11 is -2.28. The predicted molar refractivity (Wildman–Crippen MR) is 142 cm³/mol. The lowest BCUT2D eigenvalue weighted by Crippen LogP contribution is -2.38. The maximum Gasteiger partial charge on any atom is 0.374 e. The van der Waals surface area contributed by atoms with Crippen LogP contribution in [0.2, 0.25) is 0 Å². The van der Waals surface area contributed by atoms with E-state index in [0.29, 0.717) is 55.4 Å². The highest BCUT2D eigenvalue weighted by Crippen LogP contribution is 2.26. The van der Waals surface area contributed by atoms with Gasteiger partial charge in [0.15, 0.2) is 12.4 Å². The van der Waals surface area contributed by atoms with Crippen LogP contribution in [-0.2, 0) is 36.9 Å². The quantitative estimate of drug-likeness (QED) is 0.152. The third kappa shape index (κ3) is 7.51. The molecule has 0 spiro atoms. The number of allylic oxidation sites excluding steroid dienone is 2. The average molecular weight is 563 g/mol. The molecular formula is C26H30N2O8S2. The molecule has 1 aliphatic rings.